The van der Waals surface area contributed by atoms with E-state index in [1.54, 1.807) is 13.8 Å². The highest BCUT2D eigenvalue weighted by atomic mass is 32.2. The molecule has 0 atom stereocenters. The first kappa shape index (κ1) is 15.4. The molecule has 94 valence electrons. The van der Waals surface area contributed by atoms with Gasteiger partial charge in [0.05, 0.1) is 17.1 Å². The normalized spacial score (nSPS) is 12.4. The second kappa shape index (κ2) is 6.87. The van der Waals surface area contributed by atoms with Gasteiger partial charge < -0.3 is 0 Å². The monoisotopic (exact) mass is 246 g/mol. The molecule has 0 unspecified atom stereocenters. The predicted molar refractivity (Wildman–Crippen MR) is 65.9 cm³/mol. The molecule has 16 heavy (non-hydrogen) atoms. The molecule has 0 aliphatic rings. The van der Waals surface area contributed by atoms with Gasteiger partial charge in [-0.05, 0) is 27.7 Å². The van der Waals surface area contributed by atoms with Crippen molar-refractivity contribution in [3.8, 4) is 6.07 Å². The van der Waals surface area contributed by atoms with Crippen molar-refractivity contribution in [1.82, 2.24) is 4.90 Å². The van der Waals surface area contributed by atoms with E-state index in [1.165, 1.54) is 0 Å². The quantitative estimate of drug-likeness (QED) is 0.682. The standard InChI is InChI=1S/C11H22N2O2S/c1-10(2)13(7-5-6-12)8-9-16(14,15)11(3)4/h10-11H,5,7-9H2,1-4H3. The van der Waals surface area contributed by atoms with Crippen molar-refractivity contribution in [3.63, 3.8) is 0 Å². The van der Waals surface area contributed by atoms with Crippen LogP contribution in [0.25, 0.3) is 0 Å². The first-order chi connectivity index (χ1) is 7.31. The lowest BCUT2D eigenvalue weighted by Gasteiger charge is -2.25. The second-order valence-corrected chi connectivity index (χ2v) is 7.13. The van der Waals surface area contributed by atoms with Crippen LogP contribution in [0.2, 0.25) is 0 Å². The lowest BCUT2D eigenvalue weighted by Crippen LogP contribution is -2.37. The molecule has 0 spiro atoms. The summed E-state index contributed by atoms with van der Waals surface area (Å²) in [6, 6.07) is 2.36. The van der Waals surface area contributed by atoms with Crippen LogP contribution in [0.3, 0.4) is 0 Å². The molecule has 0 aliphatic heterocycles. The summed E-state index contributed by atoms with van der Waals surface area (Å²) in [6.45, 7) is 8.58. The topological polar surface area (TPSA) is 61.2 Å². The van der Waals surface area contributed by atoms with Crippen LogP contribution >= 0.6 is 0 Å². The van der Waals surface area contributed by atoms with Crippen molar-refractivity contribution in [2.75, 3.05) is 18.8 Å². The molecular weight excluding hydrogens is 224 g/mol. The summed E-state index contributed by atoms with van der Waals surface area (Å²) < 4.78 is 23.3. The molecule has 0 aromatic rings. The fourth-order valence-electron chi connectivity index (χ4n) is 1.30. The molecule has 5 heteroatoms. The van der Waals surface area contributed by atoms with Crippen molar-refractivity contribution >= 4 is 9.84 Å². The zero-order valence-electron chi connectivity index (χ0n) is 10.6. The molecule has 0 fully saturated rings. The van der Waals surface area contributed by atoms with Crippen LogP contribution in [0.1, 0.15) is 34.1 Å². The first-order valence-corrected chi connectivity index (χ1v) is 7.35. The van der Waals surface area contributed by atoms with Crippen LogP contribution in [-0.4, -0.2) is 43.5 Å². The number of rotatable bonds is 7. The van der Waals surface area contributed by atoms with Crippen LogP contribution in [0.4, 0.5) is 0 Å². The van der Waals surface area contributed by atoms with Crippen LogP contribution in [-0.2, 0) is 9.84 Å². The number of nitrogens with zero attached hydrogens (tertiary/aromatic N) is 2. The van der Waals surface area contributed by atoms with Gasteiger partial charge in [0.2, 0.25) is 0 Å². The summed E-state index contributed by atoms with van der Waals surface area (Å²) in [5.74, 6) is 0.175. The highest BCUT2D eigenvalue weighted by molar-refractivity contribution is 7.92. The third-order valence-corrected chi connectivity index (χ3v) is 4.81. The zero-order chi connectivity index (χ0) is 12.8. The molecule has 4 nitrogen and oxygen atoms in total. The van der Waals surface area contributed by atoms with E-state index in [9.17, 15) is 8.42 Å². The largest absolute Gasteiger partial charge is 0.299 e. The van der Waals surface area contributed by atoms with Crippen molar-refractivity contribution in [2.24, 2.45) is 0 Å². The van der Waals surface area contributed by atoms with Gasteiger partial charge in [0.1, 0.15) is 0 Å². The summed E-state index contributed by atoms with van der Waals surface area (Å²) in [5, 5.41) is 8.20. The van der Waals surface area contributed by atoms with Crippen LogP contribution in [0.15, 0.2) is 0 Å². The van der Waals surface area contributed by atoms with Gasteiger partial charge in [-0.15, -0.1) is 0 Å². The van der Waals surface area contributed by atoms with Gasteiger partial charge in [-0.3, -0.25) is 4.90 Å². The second-order valence-electron chi connectivity index (χ2n) is 4.45. The molecule has 0 rings (SSSR count). The Labute approximate surface area is 99.2 Å². The Morgan fingerprint density at radius 1 is 1.19 bits per heavy atom. The number of sulfone groups is 1. The predicted octanol–water partition coefficient (Wildman–Crippen LogP) is 1.43. The van der Waals surface area contributed by atoms with Gasteiger partial charge in [0, 0.05) is 25.6 Å². The van der Waals surface area contributed by atoms with Crippen LogP contribution in [0.5, 0.6) is 0 Å². The lowest BCUT2D eigenvalue weighted by atomic mass is 10.3. The van der Waals surface area contributed by atoms with E-state index in [2.05, 4.69) is 6.07 Å². The fourth-order valence-corrected chi connectivity index (χ4v) is 2.26. The average molecular weight is 246 g/mol. The smallest absolute Gasteiger partial charge is 0.153 e. The Hall–Kier alpha value is -0.600. The molecule has 0 aromatic carbocycles. The average Bonchev–Trinajstić information content (AvgIpc) is 2.16. The first-order valence-electron chi connectivity index (χ1n) is 5.63. The summed E-state index contributed by atoms with van der Waals surface area (Å²) in [7, 11) is -2.98. The molecule has 0 amide bonds. The van der Waals surface area contributed by atoms with E-state index in [0.29, 0.717) is 19.5 Å². The van der Waals surface area contributed by atoms with Gasteiger partial charge in [-0.1, -0.05) is 0 Å². The van der Waals surface area contributed by atoms with Crippen LogP contribution < -0.4 is 0 Å². The van der Waals surface area contributed by atoms with Gasteiger partial charge in [-0.2, -0.15) is 5.26 Å². The van der Waals surface area contributed by atoms with E-state index in [-0.39, 0.29) is 17.0 Å². The van der Waals surface area contributed by atoms with Crippen LogP contribution in [0, 0.1) is 11.3 Å². The van der Waals surface area contributed by atoms with E-state index < -0.39 is 9.84 Å². The van der Waals surface area contributed by atoms with E-state index in [0.717, 1.165) is 0 Å². The van der Waals surface area contributed by atoms with Crippen molar-refractivity contribution < 1.29 is 8.42 Å². The Balaban J connectivity index is 4.28. The molecular formula is C11H22N2O2S. The molecule has 0 bridgehead atoms. The number of hydrogen-bond donors (Lipinski definition) is 0. The summed E-state index contributed by atoms with van der Waals surface area (Å²) in [6.07, 6.45) is 0.444. The summed E-state index contributed by atoms with van der Waals surface area (Å²) in [5.41, 5.74) is 0. The number of hydrogen-bond acceptors (Lipinski definition) is 4. The Morgan fingerprint density at radius 3 is 2.12 bits per heavy atom. The van der Waals surface area contributed by atoms with E-state index >= 15 is 0 Å². The molecule has 0 saturated carbocycles. The maximum Gasteiger partial charge on any atom is 0.153 e. The minimum atomic E-state index is -2.98. The summed E-state index contributed by atoms with van der Waals surface area (Å²) in [4.78, 5) is 2.03. The zero-order valence-corrected chi connectivity index (χ0v) is 11.4. The molecule has 0 aliphatic carbocycles. The van der Waals surface area contributed by atoms with E-state index in [4.69, 9.17) is 5.26 Å². The van der Waals surface area contributed by atoms with Gasteiger partial charge in [-0.25, -0.2) is 8.42 Å². The minimum Gasteiger partial charge on any atom is -0.299 e. The maximum atomic E-state index is 11.6. The SMILES string of the molecule is CC(C)N(CCC#N)CCS(=O)(=O)C(C)C. The molecule has 0 saturated heterocycles. The van der Waals surface area contributed by atoms with E-state index in [1.807, 2.05) is 18.7 Å². The highest BCUT2D eigenvalue weighted by Crippen LogP contribution is 2.05. The third kappa shape index (κ3) is 5.47. The Morgan fingerprint density at radius 2 is 1.75 bits per heavy atom. The maximum absolute atomic E-state index is 11.6. The lowest BCUT2D eigenvalue weighted by molar-refractivity contribution is 0.240. The Bertz CT molecular complexity index is 328. The van der Waals surface area contributed by atoms with Crippen molar-refractivity contribution in [2.45, 2.75) is 45.4 Å². The molecule has 0 heterocycles. The van der Waals surface area contributed by atoms with Gasteiger partial charge in [0.25, 0.3) is 0 Å². The minimum absolute atomic E-state index is 0.175. The highest BCUT2D eigenvalue weighted by Gasteiger charge is 2.18. The molecule has 0 N–H and O–H groups in total. The number of nitriles is 1. The molecule has 0 aromatic heterocycles. The fraction of sp³-hybridized carbons (Fsp3) is 0.909. The van der Waals surface area contributed by atoms with Crippen molar-refractivity contribution in [3.05, 3.63) is 0 Å². The third-order valence-electron chi connectivity index (χ3n) is 2.62. The Kier molecular flexibility index (Phi) is 6.61. The van der Waals surface area contributed by atoms with Gasteiger partial charge in [0.15, 0.2) is 9.84 Å². The summed E-state index contributed by atoms with van der Waals surface area (Å²) >= 11 is 0. The van der Waals surface area contributed by atoms with Crippen molar-refractivity contribution in [1.29, 1.82) is 5.26 Å². The van der Waals surface area contributed by atoms with Gasteiger partial charge >= 0.3 is 0 Å². The molecule has 0 radical (unpaired) electrons.